The molecule has 0 bridgehead atoms. The number of amides is 9. The molecule has 1 saturated heterocycles. The standard InChI is InChI=1S/C79H116N18O20.Lu/c1-49(2)35-59(72(108)91-63(76(112)92-65(45-98)50(3)80)39-54-41-84-57-20-13-12-19-56(54)57)87-73(109)62(38-53-22-24-55(101)25-23-53)88-71(107)58(21-14-26-83-79(81)82)86-78(114)66(46-99)93-75(111)61(37-52-17-10-7-11-18-52)89-74(110)60(36-51-15-8-6-9-16-51)90-77(113)64(40-68(103)104)85-67(102)42-94-27-29-95(43-69(105)115-4)31-33-97(47-117-48-100)34-32-96(30-28-94)44-70(106)116-5;/h7,10-13,17-20,22-25,41,48-49,51,58-66,84,98-99,101H,3,6,8-9,14-16,21,26-40,42-47,80H2,1-2,4-5H3,(H,85,102)(H,86,114)(H,87,109)(H,88,107)(H,89,110)(H,90,113)(H,91,108)(H,92,112)(H,93,111)(H,103,104)(H4,81,82,83);/t58?,59-,60-,61?,62-,63-,64-,65-,66?;/m0./s1/i;1+2. The summed E-state index contributed by atoms with van der Waals surface area (Å²) < 4.78 is 14.9. The van der Waals surface area contributed by atoms with Crippen LogP contribution < -0.4 is 65.1 Å². The maximum Gasteiger partial charge on any atom is 0.319 e. The average Bonchev–Trinajstić information content (AvgIpc) is 1.73. The summed E-state index contributed by atoms with van der Waals surface area (Å²) in [5.41, 5.74) is 19.4. The Morgan fingerprint density at radius 2 is 1.00 bits per heavy atom. The first-order chi connectivity index (χ1) is 56.0. The van der Waals surface area contributed by atoms with Gasteiger partial charge in [0.25, 0.3) is 6.47 Å². The second-order valence-electron chi connectivity index (χ2n) is 29.6. The molecular weight excluding hydrogens is 1700 g/mol. The molecule has 0 spiro atoms. The van der Waals surface area contributed by atoms with Gasteiger partial charge in [-0.25, -0.2) is 0 Å². The van der Waals surface area contributed by atoms with E-state index in [1.807, 2.05) is 23.1 Å². The largest absolute Gasteiger partial charge is 0.508 e. The number of aromatic nitrogens is 1. The number of phenolic OH excluding ortho intramolecular Hbond substituents is 1. The molecule has 1 saturated carbocycles. The van der Waals surface area contributed by atoms with E-state index in [1.54, 1.807) is 71.1 Å². The Bertz CT molecular complexity index is 3950. The number of aliphatic imine (C=N–C) groups is 1. The number of carbonyl (C=O) groups is 13. The first-order valence-electron chi connectivity index (χ1n) is 39.1. The van der Waals surface area contributed by atoms with Crippen molar-refractivity contribution in [3.05, 3.63) is 114 Å². The summed E-state index contributed by atoms with van der Waals surface area (Å²) in [5, 5.41) is 66.1. The van der Waals surface area contributed by atoms with Crippen LogP contribution in [0.2, 0.25) is 0 Å². The van der Waals surface area contributed by atoms with Gasteiger partial charge in [0.05, 0.1) is 59.5 Å². The predicted molar refractivity (Wildman–Crippen MR) is 429 cm³/mol. The van der Waals surface area contributed by atoms with Crippen molar-refractivity contribution in [3.63, 3.8) is 0 Å². The maximum absolute atomic E-state index is 15.0. The number of aliphatic carboxylic acids is 1. The topological polar surface area (TPSA) is 558 Å². The van der Waals surface area contributed by atoms with Gasteiger partial charge in [0.1, 0.15) is 60.8 Å². The fraction of sp³-hybridized carbons (Fsp3) is 0.544. The van der Waals surface area contributed by atoms with Gasteiger partial charge in [-0.3, -0.25) is 86.9 Å². The molecule has 657 valence electrons. The first-order valence-corrected chi connectivity index (χ1v) is 39.1. The van der Waals surface area contributed by atoms with E-state index in [4.69, 9.17) is 31.4 Å². The Morgan fingerprint density at radius 3 is 1.53 bits per heavy atom. The number of esters is 2. The number of hydrogen-bond donors (Lipinski definition) is 17. The molecule has 9 amide bonds. The van der Waals surface area contributed by atoms with E-state index in [1.165, 1.54) is 38.5 Å². The van der Waals surface area contributed by atoms with Gasteiger partial charge in [0.15, 0.2) is 5.96 Å². The number of para-hydroxylation sites is 1. The number of aliphatic hydroxyl groups excluding tert-OH is 2. The first kappa shape index (κ1) is 98.5. The average molecular weight is 1810 g/mol. The number of carboxylic acids is 1. The van der Waals surface area contributed by atoms with Gasteiger partial charge < -0.3 is 105 Å². The van der Waals surface area contributed by atoms with Crippen molar-refractivity contribution in [1.29, 1.82) is 0 Å². The van der Waals surface area contributed by atoms with Crippen LogP contribution in [0.15, 0.2) is 102 Å². The molecule has 3 unspecified atom stereocenters. The minimum Gasteiger partial charge on any atom is -0.508 e. The molecule has 1 radical (unpaired) electrons. The fourth-order valence-corrected chi connectivity index (χ4v) is 13.6. The number of nitrogens with one attached hydrogen (secondary N) is 10. The van der Waals surface area contributed by atoms with Gasteiger partial charge in [-0.15, -0.1) is 0 Å². The Morgan fingerprint density at radius 1 is 0.551 bits per heavy atom. The number of nitrogens with zero attached hydrogens (tertiary/aromatic N) is 5. The summed E-state index contributed by atoms with van der Waals surface area (Å²) in [6, 6.07) is 7.65. The van der Waals surface area contributed by atoms with E-state index >= 15 is 4.79 Å². The molecule has 1 aromatic heterocycles. The van der Waals surface area contributed by atoms with E-state index in [-0.39, 0.29) is 177 Å². The van der Waals surface area contributed by atoms with Crippen molar-refractivity contribution in [2.24, 2.45) is 34.0 Å². The smallest absolute Gasteiger partial charge is 0.319 e. The van der Waals surface area contributed by atoms with Crippen LogP contribution >= 0.6 is 0 Å². The number of nitrogens with two attached hydrogens (primary N) is 3. The monoisotopic (exact) mass is 1810 g/mol. The third-order valence-electron chi connectivity index (χ3n) is 20.1. The molecule has 9 atom stereocenters. The molecule has 38 nitrogen and oxygen atoms in total. The Hall–Kier alpha value is -10.1. The summed E-state index contributed by atoms with van der Waals surface area (Å²) in [7, 11) is 2.47. The number of guanidine groups is 1. The van der Waals surface area contributed by atoms with Crippen LogP contribution in [0.3, 0.4) is 0 Å². The summed E-state index contributed by atoms with van der Waals surface area (Å²) in [4.78, 5) is 195. The van der Waals surface area contributed by atoms with Crippen LogP contribution in [0.5, 0.6) is 5.75 Å². The Kier molecular flexibility index (Phi) is 43.4. The van der Waals surface area contributed by atoms with E-state index < -0.39 is 152 Å². The summed E-state index contributed by atoms with van der Waals surface area (Å²) >= 11 is 0. The van der Waals surface area contributed by atoms with Crippen LogP contribution in [0.4, 0.5) is 0 Å². The van der Waals surface area contributed by atoms with Gasteiger partial charge in [0, 0.05) is 138 Å². The number of fused-ring (bicyclic) bond motifs is 1. The van der Waals surface area contributed by atoms with E-state index in [0.717, 1.165) is 30.2 Å². The number of ether oxygens (including phenoxy) is 3. The molecular formula is C79H116LuN18O20. The third kappa shape index (κ3) is 34.8. The third-order valence-corrected chi connectivity index (χ3v) is 20.1. The molecule has 20 N–H and O–H groups in total. The molecule has 2 fully saturated rings. The summed E-state index contributed by atoms with van der Waals surface area (Å²) in [5.74, 6) is -11.8. The second-order valence-corrected chi connectivity index (χ2v) is 29.6. The number of rotatable bonds is 45. The molecule has 118 heavy (non-hydrogen) atoms. The normalized spacial score (nSPS) is 16.3. The molecule has 2 heterocycles. The van der Waals surface area contributed by atoms with Gasteiger partial charge in [-0.2, -0.15) is 0 Å². The van der Waals surface area contributed by atoms with Crippen molar-refractivity contribution in [1.82, 2.24) is 72.4 Å². The number of phenols is 1. The van der Waals surface area contributed by atoms with E-state index in [2.05, 4.69) is 64.4 Å². The number of aromatic hydroxyl groups is 1. The van der Waals surface area contributed by atoms with E-state index in [9.17, 15) is 78.0 Å². The number of H-pyrrole nitrogens is 1. The SMILES string of the molecule is C=C(N)[C@H](CO)NC(=O)[C@H](Cc1c[nH]c2ccccc12)NC(=O)[C@H](CC(C)C)NC(=O)[C@H](Cc1ccc(O)cc1)NC(=O)C(CCCN=C(N)N)NC(=O)C(CO)NC(=O)C(Cc1ccccc1)NC(=O)[C@H](CC1CCCCC1)NC(=O)[C@H](CC(=O)O)NC(=O)CN1CCN(CC(=O)OC)CCN(COC=O)CCN(CC(=O)OC)CC1.[177Lu]. The van der Waals surface area contributed by atoms with Gasteiger partial charge in [-0.05, 0) is 72.4 Å². The quantitative estimate of drug-likeness (QED) is 0.00523. The molecule has 1 aliphatic heterocycles. The van der Waals surface area contributed by atoms with Crippen LogP contribution in [0, 0.1) is 48.7 Å². The second kappa shape index (κ2) is 52.0. The van der Waals surface area contributed by atoms with Gasteiger partial charge in [0.2, 0.25) is 53.2 Å². The molecule has 1 aliphatic carbocycles. The number of methoxy groups -OCH3 is 2. The molecule has 3 aromatic carbocycles. The zero-order chi connectivity index (χ0) is 85.5. The zero-order valence-electron chi connectivity index (χ0n) is 67.1. The number of benzene rings is 3. The van der Waals surface area contributed by atoms with Crippen molar-refractivity contribution in [3.8, 4) is 5.75 Å². The van der Waals surface area contributed by atoms with E-state index in [0.29, 0.717) is 49.1 Å². The molecule has 39 heteroatoms. The van der Waals surface area contributed by atoms with Crippen molar-refractivity contribution in [2.45, 2.75) is 152 Å². The number of carbonyl (C=O) groups excluding carboxylic acids is 12. The predicted octanol–water partition coefficient (Wildman–Crippen LogP) is -3.04. The Balaban J connectivity index is 0.0000248. The van der Waals surface area contributed by atoms with Crippen molar-refractivity contribution < 1.29 is 134 Å². The number of aromatic amines is 1. The molecule has 6 rings (SSSR count). The summed E-state index contributed by atoms with van der Waals surface area (Å²) in [6.07, 6.45) is 3.67. The van der Waals surface area contributed by atoms with Gasteiger partial charge >= 0.3 is 17.9 Å². The van der Waals surface area contributed by atoms with Crippen LogP contribution in [-0.4, -0.2) is 296 Å². The number of aliphatic hydroxyl groups is 2. The van der Waals surface area contributed by atoms with Crippen LogP contribution in [0.25, 0.3) is 10.9 Å². The number of hydrogen-bond acceptors (Lipinski definition) is 25. The number of carboxylic acid groups (broad SMARTS) is 1. The van der Waals surface area contributed by atoms with Gasteiger partial charge in [-0.1, -0.05) is 113 Å². The Labute approximate surface area is 714 Å². The van der Waals surface area contributed by atoms with Crippen molar-refractivity contribution in [2.75, 3.05) is 113 Å². The minimum atomic E-state index is -1.86. The van der Waals surface area contributed by atoms with Crippen molar-refractivity contribution >= 4 is 94.4 Å². The summed E-state index contributed by atoms with van der Waals surface area (Å²) in [6.45, 7) is 6.74. The van der Waals surface area contributed by atoms with Crippen LogP contribution in [0.1, 0.15) is 94.7 Å². The molecule has 2 aliphatic rings. The maximum atomic E-state index is 15.0. The minimum absolute atomic E-state index is 0. The zero-order valence-corrected chi connectivity index (χ0v) is 68.7. The molecule has 4 aromatic rings. The fourth-order valence-electron chi connectivity index (χ4n) is 13.6. The van der Waals surface area contributed by atoms with Crippen LogP contribution in [-0.2, 0) is 95.8 Å².